The first-order valence-electron chi connectivity index (χ1n) is 8.32. The van der Waals surface area contributed by atoms with E-state index in [0.29, 0.717) is 5.56 Å². The van der Waals surface area contributed by atoms with Gasteiger partial charge in [-0.1, -0.05) is 19.0 Å². The number of fused-ring (bicyclic) bond motifs is 1. The smallest absolute Gasteiger partial charge is 0.259 e. The molecule has 0 unspecified atom stereocenters. The van der Waals surface area contributed by atoms with Crippen LogP contribution in [0.15, 0.2) is 29.2 Å². The fourth-order valence-corrected chi connectivity index (χ4v) is 3.41. The standard InChI is InChI=1S/C17H21N5O2/c1-11(2)15-9-13(19-24-15)14-5-4-6-21(14)17(23)12-10-18-22-8-7-20(3)16(12)22/h7-11,14H,4-6H2,1-3H3/t14-/m0/s1. The monoisotopic (exact) mass is 327 g/mol. The summed E-state index contributed by atoms with van der Waals surface area (Å²) < 4.78 is 9.07. The van der Waals surface area contributed by atoms with Gasteiger partial charge < -0.3 is 14.0 Å². The Morgan fingerprint density at radius 1 is 1.38 bits per heavy atom. The van der Waals surface area contributed by atoms with Gasteiger partial charge >= 0.3 is 0 Å². The number of rotatable bonds is 3. The summed E-state index contributed by atoms with van der Waals surface area (Å²) in [5, 5.41) is 8.48. The van der Waals surface area contributed by atoms with Gasteiger partial charge in [0, 0.05) is 38.0 Å². The van der Waals surface area contributed by atoms with Crippen LogP contribution in [0.2, 0.25) is 0 Å². The number of carbonyl (C=O) groups is 1. The van der Waals surface area contributed by atoms with Gasteiger partial charge in [-0.3, -0.25) is 4.79 Å². The first-order chi connectivity index (χ1) is 11.6. The van der Waals surface area contributed by atoms with Crippen LogP contribution in [0.5, 0.6) is 0 Å². The fourth-order valence-electron chi connectivity index (χ4n) is 3.41. The van der Waals surface area contributed by atoms with E-state index in [2.05, 4.69) is 24.1 Å². The highest BCUT2D eigenvalue weighted by molar-refractivity contribution is 6.00. The maximum absolute atomic E-state index is 13.1. The first-order valence-corrected chi connectivity index (χ1v) is 8.32. The van der Waals surface area contributed by atoms with Gasteiger partial charge in [-0.2, -0.15) is 5.10 Å². The minimum absolute atomic E-state index is 0.00315. The molecule has 0 N–H and O–H groups in total. The molecule has 7 heteroatoms. The van der Waals surface area contributed by atoms with Crippen LogP contribution in [0, 0.1) is 0 Å². The van der Waals surface area contributed by atoms with Crippen LogP contribution in [0.3, 0.4) is 0 Å². The molecule has 126 valence electrons. The van der Waals surface area contributed by atoms with Crippen molar-refractivity contribution in [2.24, 2.45) is 7.05 Å². The van der Waals surface area contributed by atoms with E-state index in [1.54, 1.807) is 10.7 Å². The molecule has 0 saturated carbocycles. The van der Waals surface area contributed by atoms with E-state index in [0.717, 1.165) is 36.5 Å². The maximum atomic E-state index is 13.1. The van der Waals surface area contributed by atoms with E-state index in [1.165, 1.54) is 0 Å². The van der Waals surface area contributed by atoms with Gasteiger partial charge in [-0.05, 0) is 12.8 Å². The summed E-state index contributed by atoms with van der Waals surface area (Å²) in [7, 11) is 1.92. The molecule has 1 saturated heterocycles. The van der Waals surface area contributed by atoms with E-state index in [9.17, 15) is 4.79 Å². The molecule has 0 radical (unpaired) electrons. The van der Waals surface area contributed by atoms with E-state index < -0.39 is 0 Å². The lowest BCUT2D eigenvalue weighted by molar-refractivity contribution is 0.0732. The number of carbonyl (C=O) groups excluding carboxylic acids is 1. The molecule has 0 aromatic carbocycles. The lowest BCUT2D eigenvalue weighted by Crippen LogP contribution is -2.30. The van der Waals surface area contributed by atoms with E-state index >= 15 is 0 Å². The average Bonchev–Trinajstić information content (AvgIpc) is 3.32. The Kier molecular flexibility index (Phi) is 3.44. The molecule has 1 atom stereocenters. The predicted molar refractivity (Wildman–Crippen MR) is 87.8 cm³/mol. The van der Waals surface area contributed by atoms with Crippen molar-refractivity contribution in [1.82, 2.24) is 24.2 Å². The van der Waals surface area contributed by atoms with Gasteiger partial charge in [-0.25, -0.2) is 4.52 Å². The van der Waals surface area contributed by atoms with Gasteiger partial charge in [-0.15, -0.1) is 0 Å². The third kappa shape index (κ3) is 2.23. The summed E-state index contributed by atoms with van der Waals surface area (Å²) in [6.45, 7) is 4.87. The van der Waals surface area contributed by atoms with Crippen LogP contribution < -0.4 is 0 Å². The summed E-state index contributed by atoms with van der Waals surface area (Å²) in [4.78, 5) is 15.0. The van der Waals surface area contributed by atoms with Crippen LogP contribution in [0.25, 0.3) is 5.65 Å². The summed E-state index contributed by atoms with van der Waals surface area (Å²) >= 11 is 0. The second kappa shape index (κ2) is 5.51. The van der Waals surface area contributed by atoms with Crippen molar-refractivity contribution in [1.29, 1.82) is 0 Å². The Morgan fingerprint density at radius 3 is 2.96 bits per heavy atom. The lowest BCUT2D eigenvalue weighted by Gasteiger charge is -2.22. The molecule has 24 heavy (non-hydrogen) atoms. The van der Waals surface area contributed by atoms with Crippen molar-refractivity contribution >= 4 is 11.6 Å². The van der Waals surface area contributed by atoms with E-state index in [1.807, 2.05) is 35.0 Å². The minimum atomic E-state index is -0.0241. The fraction of sp³-hybridized carbons (Fsp3) is 0.471. The number of aromatic nitrogens is 4. The molecule has 4 heterocycles. The number of imidazole rings is 1. The van der Waals surface area contributed by atoms with Crippen molar-refractivity contribution in [3.63, 3.8) is 0 Å². The number of nitrogens with zero attached hydrogens (tertiary/aromatic N) is 5. The van der Waals surface area contributed by atoms with E-state index in [-0.39, 0.29) is 17.9 Å². The maximum Gasteiger partial charge on any atom is 0.259 e. The molecule has 4 rings (SSSR count). The number of hydrogen-bond donors (Lipinski definition) is 0. The number of amides is 1. The molecule has 0 aliphatic carbocycles. The first kappa shape index (κ1) is 15.0. The molecular formula is C17H21N5O2. The summed E-state index contributed by atoms with van der Waals surface area (Å²) in [5.74, 6) is 1.15. The highest BCUT2D eigenvalue weighted by Gasteiger charge is 2.34. The Labute approximate surface area is 139 Å². The van der Waals surface area contributed by atoms with Crippen molar-refractivity contribution in [2.45, 2.75) is 38.6 Å². The quantitative estimate of drug-likeness (QED) is 0.742. The van der Waals surface area contributed by atoms with Gasteiger partial charge in [0.1, 0.15) is 22.7 Å². The zero-order chi connectivity index (χ0) is 16.8. The predicted octanol–water partition coefficient (Wildman–Crippen LogP) is 2.76. The normalized spacial score (nSPS) is 18.2. The average molecular weight is 327 g/mol. The molecule has 1 fully saturated rings. The SMILES string of the molecule is CC(C)c1cc([C@@H]2CCCN2C(=O)c2cnn3ccn(C)c23)no1. The van der Waals surface area contributed by atoms with Gasteiger partial charge in [0.15, 0.2) is 0 Å². The molecular weight excluding hydrogens is 306 g/mol. The molecule has 1 aliphatic heterocycles. The molecule has 1 amide bonds. The van der Waals surface area contributed by atoms with Crippen LogP contribution in [0.4, 0.5) is 0 Å². The van der Waals surface area contributed by atoms with Crippen LogP contribution in [-0.4, -0.2) is 36.7 Å². The highest BCUT2D eigenvalue weighted by atomic mass is 16.5. The Morgan fingerprint density at radius 2 is 2.21 bits per heavy atom. The second-order valence-electron chi connectivity index (χ2n) is 6.70. The van der Waals surface area contributed by atoms with Crippen LogP contribution in [0.1, 0.15) is 60.5 Å². The third-order valence-corrected chi connectivity index (χ3v) is 4.74. The summed E-state index contributed by atoms with van der Waals surface area (Å²) in [6.07, 6.45) is 7.27. The zero-order valence-electron chi connectivity index (χ0n) is 14.1. The second-order valence-corrected chi connectivity index (χ2v) is 6.70. The molecule has 3 aromatic heterocycles. The van der Waals surface area contributed by atoms with Crippen molar-refractivity contribution in [2.75, 3.05) is 6.54 Å². The minimum Gasteiger partial charge on any atom is -0.361 e. The van der Waals surface area contributed by atoms with Gasteiger partial charge in [0.25, 0.3) is 5.91 Å². The summed E-state index contributed by atoms with van der Waals surface area (Å²) in [6, 6.07) is 1.96. The topological polar surface area (TPSA) is 68.6 Å². The molecule has 0 spiro atoms. The molecule has 3 aromatic rings. The highest BCUT2D eigenvalue weighted by Crippen LogP contribution is 2.34. The largest absolute Gasteiger partial charge is 0.361 e. The molecule has 1 aliphatic rings. The summed E-state index contributed by atoms with van der Waals surface area (Å²) in [5.41, 5.74) is 2.29. The third-order valence-electron chi connectivity index (χ3n) is 4.74. The van der Waals surface area contributed by atoms with Crippen molar-refractivity contribution < 1.29 is 9.32 Å². The van der Waals surface area contributed by atoms with Gasteiger partial charge in [0.2, 0.25) is 0 Å². The van der Waals surface area contributed by atoms with Gasteiger partial charge in [0.05, 0.1) is 12.2 Å². The van der Waals surface area contributed by atoms with Crippen molar-refractivity contribution in [3.8, 4) is 0 Å². The Hall–Kier alpha value is -2.57. The van der Waals surface area contributed by atoms with Crippen molar-refractivity contribution in [3.05, 3.63) is 41.7 Å². The number of hydrogen-bond acceptors (Lipinski definition) is 4. The van der Waals surface area contributed by atoms with Crippen LogP contribution >= 0.6 is 0 Å². The zero-order valence-corrected chi connectivity index (χ0v) is 14.1. The number of likely N-dealkylation sites (tertiary alicyclic amines) is 1. The van der Waals surface area contributed by atoms with E-state index in [4.69, 9.17) is 4.52 Å². The molecule has 7 nitrogen and oxygen atoms in total. The molecule has 0 bridgehead atoms. The van der Waals surface area contributed by atoms with Crippen LogP contribution in [-0.2, 0) is 7.05 Å². The Bertz CT molecular complexity index is 888. The lowest BCUT2D eigenvalue weighted by atomic mass is 10.1. The number of aryl methyl sites for hydroxylation is 1. The Balaban J connectivity index is 1.66.